The van der Waals surface area contributed by atoms with Crippen molar-refractivity contribution in [3.05, 3.63) is 35.1 Å². The fourth-order valence-electron chi connectivity index (χ4n) is 1.23. The summed E-state index contributed by atoms with van der Waals surface area (Å²) in [5.41, 5.74) is -0.0242. The van der Waals surface area contributed by atoms with Crippen LogP contribution in [0.3, 0.4) is 0 Å². The van der Waals surface area contributed by atoms with Crippen molar-refractivity contribution < 1.29 is 13.2 Å². The Morgan fingerprint density at radius 2 is 1.62 bits per heavy atom. The number of benzene rings is 1. The Morgan fingerprint density at radius 1 is 1.15 bits per heavy atom. The van der Waals surface area contributed by atoms with Gasteiger partial charge in [0.05, 0.1) is 0 Å². The zero-order valence-corrected chi connectivity index (χ0v) is 7.57. The van der Waals surface area contributed by atoms with Crippen LogP contribution >= 0.6 is 0 Å². The minimum atomic E-state index is -0.873. The molecule has 0 saturated heterocycles. The molecule has 0 aliphatic heterocycles. The number of rotatable bonds is 2. The van der Waals surface area contributed by atoms with E-state index in [4.69, 9.17) is 0 Å². The predicted octanol–water partition coefficient (Wildman–Crippen LogP) is 3.62. The van der Waals surface area contributed by atoms with Crippen molar-refractivity contribution in [2.45, 2.75) is 26.2 Å². The third-order valence-corrected chi connectivity index (χ3v) is 2.15. The molecule has 0 aromatic heterocycles. The van der Waals surface area contributed by atoms with Gasteiger partial charge in [-0.2, -0.15) is 0 Å². The fraction of sp³-hybridized carbons (Fsp3) is 0.400. The van der Waals surface area contributed by atoms with E-state index in [1.807, 2.05) is 6.92 Å². The highest BCUT2D eigenvalue weighted by molar-refractivity contribution is 5.24. The molecule has 0 N–H and O–H groups in total. The summed E-state index contributed by atoms with van der Waals surface area (Å²) in [5.74, 6) is -2.69. The first-order chi connectivity index (χ1) is 6.06. The topological polar surface area (TPSA) is 0 Å². The molecule has 13 heavy (non-hydrogen) atoms. The summed E-state index contributed by atoms with van der Waals surface area (Å²) in [6, 6.07) is 1.43. The van der Waals surface area contributed by atoms with Gasteiger partial charge >= 0.3 is 0 Å². The number of hydrogen-bond acceptors (Lipinski definition) is 0. The van der Waals surface area contributed by atoms with Crippen molar-refractivity contribution in [2.75, 3.05) is 0 Å². The smallest absolute Gasteiger partial charge is 0.132 e. The Hall–Kier alpha value is -0.990. The Labute approximate surface area is 75.4 Å². The summed E-state index contributed by atoms with van der Waals surface area (Å²) in [7, 11) is 0. The molecule has 72 valence electrons. The normalized spacial score (nSPS) is 13.0. The molecular formula is C10H11F3. The second-order valence-electron chi connectivity index (χ2n) is 3.09. The van der Waals surface area contributed by atoms with E-state index in [2.05, 4.69) is 0 Å². The Balaban J connectivity index is 3.20. The van der Waals surface area contributed by atoms with Crippen LogP contribution in [0, 0.1) is 17.5 Å². The van der Waals surface area contributed by atoms with Crippen LogP contribution in [0.1, 0.15) is 31.7 Å². The van der Waals surface area contributed by atoms with Gasteiger partial charge < -0.3 is 0 Å². The largest absolute Gasteiger partial charge is 0.207 e. The van der Waals surface area contributed by atoms with Gasteiger partial charge in [-0.15, -0.1) is 0 Å². The standard InChI is InChI=1S/C10H11F3/c1-3-6(2)10-8(12)4-7(11)5-9(10)13/h4-6H,3H2,1-2H3. The first-order valence-corrected chi connectivity index (χ1v) is 4.20. The molecule has 1 aromatic rings. The molecule has 0 amide bonds. The van der Waals surface area contributed by atoms with Crippen LogP contribution in [-0.2, 0) is 0 Å². The van der Waals surface area contributed by atoms with E-state index in [1.165, 1.54) is 0 Å². The van der Waals surface area contributed by atoms with Crippen molar-refractivity contribution >= 4 is 0 Å². The van der Waals surface area contributed by atoms with Crippen LogP contribution in [-0.4, -0.2) is 0 Å². The van der Waals surface area contributed by atoms with Gasteiger partial charge in [-0.05, 0) is 12.3 Å². The van der Waals surface area contributed by atoms with Gasteiger partial charge in [0.15, 0.2) is 0 Å². The monoisotopic (exact) mass is 188 g/mol. The maximum absolute atomic E-state index is 13.1. The molecule has 1 rings (SSSR count). The number of halogens is 3. The molecule has 0 radical (unpaired) electrons. The average Bonchev–Trinajstić information content (AvgIpc) is 2.02. The first kappa shape index (κ1) is 10.1. The third kappa shape index (κ3) is 2.02. The summed E-state index contributed by atoms with van der Waals surface area (Å²) in [5, 5.41) is 0. The van der Waals surface area contributed by atoms with Crippen molar-refractivity contribution in [1.82, 2.24) is 0 Å². The van der Waals surface area contributed by atoms with Gasteiger partial charge in [0.1, 0.15) is 17.5 Å². The van der Waals surface area contributed by atoms with Gasteiger partial charge in [0.25, 0.3) is 0 Å². The van der Waals surface area contributed by atoms with Crippen LogP contribution in [0.25, 0.3) is 0 Å². The van der Waals surface area contributed by atoms with Crippen LogP contribution in [0.5, 0.6) is 0 Å². The highest BCUT2D eigenvalue weighted by atomic mass is 19.1. The zero-order valence-electron chi connectivity index (χ0n) is 7.57. The van der Waals surface area contributed by atoms with Gasteiger partial charge in [0.2, 0.25) is 0 Å². The highest BCUT2D eigenvalue weighted by Crippen LogP contribution is 2.25. The molecular weight excluding hydrogens is 177 g/mol. The summed E-state index contributed by atoms with van der Waals surface area (Å²) in [6.45, 7) is 3.53. The molecule has 0 fully saturated rings. The fourth-order valence-corrected chi connectivity index (χ4v) is 1.23. The van der Waals surface area contributed by atoms with Crippen LogP contribution < -0.4 is 0 Å². The van der Waals surface area contributed by atoms with Crippen molar-refractivity contribution in [3.8, 4) is 0 Å². The van der Waals surface area contributed by atoms with Gasteiger partial charge in [-0.1, -0.05) is 13.8 Å². The molecule has 3 heteroatoms. The highest BCUT2D eigenvalue weighted by Gasteiger charge is 2.15. The molecule has 0 aliphatic carbocycles. The molecule has 0 spiro atoms. The van der Waals surface area contributed by atoms with Crippen LogP contribution in [0.15, 0.2) is 12.1 Å². The van der Waals surface area contributed by atoms with E-state index >= 15 is 0 Å². The lowest BCUT2D eigenvalue weighted by Crippen LogP contribution is -2.01. The second kappa shape index (κ2) is 3.81. The first-order valence-electron chi connectivity index (χ1n) is 4.20. The Kier molecular flexibility index (Phi) is 2.96. The van der Waals surface area contributed by atoms with Gasteiger partial charge in [-0.25, -0.2) is 13.2 Å². The Bertz CT molecular complexity index is 284. The number of hydrogen-bond donors (Lipinski definition) is 0. The minimum absolute atomic E-state index is 0.0242. The lowest BCUT2D eigenvalue weighted by atomic mass is 9.97. The molecule has 0 aliphatic rings. The SMILES string of the molecule is CCC(C)c1c(F)cc(F)cc1F. The van der Waals surface area contributed by atoms with Gasteiger partial charge in [-0.3, -0.25) is 0 Å². The van der Waals surface area contributed by atoms with Crippen molar-refractivity contribution in [1.29, 1.82) is 0 Å². The van der Waals surface area contributed by atoms with Crippen LogP contribution in [0.2, 0.25) is 0 Å². The third-order valence-electron chi connectivity index (χ3n) is 2.15. The molecule has 1 aromatic carbocycles. The van der Waals surface area contributed by atoms with E-state index in [0.717, 1.165) is 0 Å². The maximum Gasteiger partial charge on any atom is 0.132 e. The molecule has 0 saturated carbocycles. The summed E-state index contributed by atoms with van der Waals surface area (Å²) in [4.78, 5) is 0. The minimum Gasteiger partial charge on any atom is -0.207 e. The second-order valence-corrected chi connectivity index (χ2v) is 3.09. The lowest BCUT2D eigenvalue weighted by Gasteiger charge is -2.11. The molecule has 1 unspecified atom stereocenters. The van der Waals surface area contributed by atoms with Gasteiger partial charge in [0, 0.05) is 17.7 Å². The zero-order chi connectivity index (χ0) is 10.0. The van der Waals surface area contributed by atoms with E-state index < -0.39 is 17.5 Å². The lowest BCUT2D eigenvalue weighted by molar-refractivity contribution is 0.504. The van der Waals surface area contributed by atoms with Crippen LogP contribution in [0.4, 0.5) is 13.2 Å². The Morgan fingerprint density at radius 3 is 2.00 bits per heavy atom. The van der Waals surface area contributed by atoms with Crippen molar-refractivity contribution in [2.24, 2.45) is 0 Å². The molecule has 1 atom stereocenters. The quantitative estimate of drug-likeness (QED) is 0.665. The average molecular weight is 188 g/mol. The summed E-state index contributed by atoms with van der Waals surface area (Å²) >= 11 is 0. The molecule has 0 nitrogen and oxygen atoms in total. The van der Waals surface area contributed by atoms with Crippen molar-refractivity contribution in [3.63, 3.8) is 0 Å². The van der Waals surface area contributed by atoms with E-state index in [0.29, 0.717) is 18.6 Å². The predicted molar refractivity (Wildman–Crippen MR) is 45.0 cm³/mol. The summed E-state index contributed by atoms with van der Waals surface area (Å²) < 4.78 is 38.6. The van der Waals surface area contributed by atoms with E-state index in [1.54, 1.807) is 6.92 Å². The molecule has 0 bridgehead atoms. The van der Waals surface area contributed by atoms with E-state index in [9.17, 15) is 13.2 Å². The summed E-state index contributed by atoms with van der Waals surface area (Å²) in [6.07, 6.45) is 0.624. The maximum atomic E-state index is 13.1. The van der Waals surface area contributed by atoms with E-state index in [-0.39, 0.29) is 11.5 Å². The molecule has 0 heterocycles.